The molecular weight excluding hydrogens is 1220 g/mol. The Labute approximate surface area is 565 Å². The first-order valence-electron chi connectivity index (χ1n) is 34.1. The standard InChI is InChI=1S/C68H119N13O14/c1-25-27-28-42(13)56(82)55-60(86)71-48(26-2)63(89)73(18)46(17)62(88)78(23)54(43(14)34-80-29-30-81-47(35-80)36-95-68(81)94)59(85)72-52(40(9)10)66(92)74(19)49(31-37(3)4)58(84)69-44(15)57(83)70-45(16)61(87)75(20)50(32-38(5)6)64(90)76(21)51(33-39(7)8)65(91)77(22)53(41(11)12)67(93)79(55)24/h25,27,37-56,82H,26,28-36H2,1-24H3,(H,69,84)(H,70,83)(H,71,86)(H,72,85)/b27-25+/t42-,43+,44+,45-,46-,47?,48+,49+,50+,51+,52+,53+,54?,55+,56-/m1/s1. The highest BCUT2D eigenvalue weighted by Gasteiger charge is 2.47. The molecule has 0 aromatic carbocycles. The van der Waals surface area contributed by atoms with Crippen molar-refractivity contribution in [2.75, 3.05) is 82.1 Å². The van der Waals surface area contributed by atoms with Crippen molar-refractivity contribution in [1.82, 2.24) is 65.4 Å². The van der Waals surface area contributed by atoms with Crippen LogP contribution in [0.1, 0.15) is 150 Å². The molecule has 5 N–H and O–H groups in total. The summed E-state index contributed by atoms with van der Waals surface area (Å²) in [4.78, 5) is 188. The number of allylic oxidation sites excluding steroid dienone is 2. The minimum absolute atomic E-state index is 0.0175. The lowest BCUT2D eigenvalue weighted by Crippen LogP contribution is -2.64. The molecule has 3 aliphatic rings. The second kappa shape index (κ2) is 36.4. The number of amides is 12. The van der Waals surface area contributed by atoms with E-state index in [1.54, 1.807) is 72.4 Å². The maximum atomic E-state index is 15.3. The molecule has 0 aliphatic carbocycles. The Morgan fingerprint density at radius 2 is 0.989 bits per heavy atom. The Kier molecular flexibility index (Phi) is 31.6. The fourth-order valence-electron chi connectivity index (χ4n) is 13.0. The molecule has 0 spiro atoms. The van der Waals surface area contributed by atoms with Gasteiger partial charge in [-0.1, -0.05) is 102 Å². The Hall–Kier alpha value is -6.90. The van der Waals surface area contributed by atoms with E-state index in [2.05, 4.69) is 26.2 Å². The SMILES string of the molecule is C/C=C/C[C@@H](C)[C@@H](O)[C@H]1C(=O)N[C@@H](CC)C(=O)N(C)[C@H](C)C(=O)N(C)C([C@@H](C)CN2CCN3C(=O)OCC3C2)C(=O)N[C@@H](C(C)C)C(=O)N(C)[C@@H](CC(C)C)C(=O)N[C@@H](C)C(=O)N[C@H](C)C(=O)N(C)[C@@H](CC(C)C)C(=O)N(C)[C@@H](CC(C)C)C(=O)N(C)[C@@H](C(C)C)C(=O)N1C. The zero-order valence-corrected chi connectivity index (χ0v) is 61.6. The van der Waals surface area contributed by atoms with E-state index in [4.69, 9.17) is 4.74 Å². The van der Waals surface area contributed by atoms with Crippen LogP contribution in [0.2, 0.25) is 0 Å². The number of hydrogen-bond donors (Lipinski definition) is 5. The molecule has 3 aliphatic heterocycles. The van der Waals surface area contributed by atoms with Gasteiger partial charge in [-0.2, -0.15) is 0 Å². The molecule has 3 rings (SSSR count). The summed E-state index contributed by atoms with van der Waals surface area (Å²) in [5.74, 6) is -10.7. The third-order valence-electron chi connectivity index (χ3n) is 19.1. The molecule has 12 amide bonds. The summed E-state index contributed by atoms with van der Waals surface area (Å²) in [6.45, 7) is 30.9. The first kappa shape index (κ1) is 82.3. The van der Waals surface area contributed by atoms with Gasteiger partial charge in [0.2, 0.25) is 65.0 Å². The molecule has 3 heterocycles. The van der Waals surface area contributed by atoms with E-state index in [0.29, 0.717) is 19.6 Å². The Bertz CT molecular complexity index is 2730. The van der Waals surface area contributed by atoms with E-state index < -0.39 is 167 Å². The highest BCUT2D eigenvalue weighted by Crippen LogP contribution is 2.27. The van der Waals surface area contributed by atoms with Crippen molar-refractivity contribution in [3.05, 3.63) is 12.2 Å². The number of nitrogens with zero attached hydrogens (tertiary/aromatic N) is 9. The van der Waals surface area contributed by atoms with Gasteiger partial charge in [0.05, 0.1) is 12.1 Å². The van der Waals surface area contributed by atoms with E-state index >= 15 is 28.8 Å². The van der Waals surface area contributed by atoms with Crippen LogP contribution in [0.25, 0.3) is 0 Å². The molecule has 95 heavy (non-hydrogen) atoms. The third-order valence-corrected chi connectivity index (χ3v) is 19.1. The normalized spacial score (nSPS) is 28.9. The molecule has 3 saturated heterocycles. The predicted molar refractivity (Wildman–Crippen MR) is 361 cm³/mol. The van der Waals surface area contributed by atoms with Crippen molar-refractivity contribution in [3.63, 3.8) is 0 Å². The Morgan fingerprint density at radius 1 is 0.505 bits per heavy atom. The molecular formula is C68H119N13O14. The topological polar surface area (TPSA) is 312 Å². The van der Waals surface area contributed by atoms with Gasteiger partial charge in [-0.3, -0.25) is 62.5 Å². The third kappa shape index (κ3) is 21.1. The average Bonchev–Trinajstić information content (AvgIpc) is 1.33. The fourth-order valence-corrected chi connectivity index (χ4v) is 13.0. The lowest BCUT2D eigenvalue weighted by Gasteiger charge is -2.42. The summed E-state index contributed by atoms with van der Waals surface area (Å²) < 4.78 is 5.32. The summed E-state index contributed by atoms with van der Waals surface area (Å²) in [6, 6.07) is -14.4. The first-order valence-corrected chi connectivity index (χ1v) is 34.1. The molecule has 0 bridgehead atoms. The second-order valence-corrected chi connectivity index (χ2v) is 28.9. The number of carbonyl (C=O) groups excluding carboxylic acids is 12. The predicted octanol–water partition coefficient (Wildman–Crippen LogP) is 2.38. The number of piperazine rings is 1. The van der Waals surface area contributed by atoms with Crippen LogP contribution in [0.15, 0.2) is 12.2 Å². The van der Waals surface area contributed by atoms with Crippen LogP contribution in [-0.2, 0) is 57.5 Å². The number of hydrogen-bond acceptors (Lipinski definition) is 15. The van der Waals surface area contributed by atoms with Crippen molar-refractivity contribution >= 4 is 71.1 Å². The van der Waals surface area contributed by atoms with Crippen LogP contribution in [0.5, 0.6) is 0 Å². The van der Waals surface area contributed by atoms with Gasteiger partial charge in [0.15, 0.2) is 0 Å². The maximum absolute atomic E-state index is 15.3. The lowest BCUT2D eigenvalue weighted by molar-refractivity contribution is -0.157. The van der Waals surface area contributed by atoms with E-state index in [0.717, 1.165) is 9.80 Å². The molecule has 2 unspecified atom stereocenters. The van der Waals surface area contributed by atoms with Crippen molar-refractivity contribution in [3.8, 4) is 0 Å². The minimum atomic E-state index is -1.65. The van der Waals surface area contributed by atoms with Gasteiger partial charge in [0, 0.05) is 75.5 Å². The number of aliphatic hydroxyl groups excluding tert-OH is 1. The van der Waals surface area contributed by atoms with Crippen LogP contribution in [-0.4, -0.2) is 281 Å². The van der Waals surface area contributed by atoms with Crippen molar-refractivity contribution in [2.24, 2.45) is 41.4 Å². The molecule has 0 saturated carbocycles. The molecule has 540 valence electrons. The van der Waals surface area contributed by atoms with Crippen molar-refractivity contribution in [2.45, 2.75) is 228 Å². The summed E-state index contributed by atoms with van der Waals surface area (Å²) in [6.07, 6.45) is 2.31. The number of ether oxygens (including phenoxy) is 1. The quantitative estimate of drug-likeness (QED) is 0.139. The number of aliphatic hydroxyl groups is 1. The van der Waals surface area contributed by atoms with Gasteiger partial charge in [0.25, 0.3) is 0 Å². The number of likely N-dealkylation sites (N-methyl/N-ethyl adjacent to an activating group) is 7. The number of cyclic esters (lactones) is 1. The minimum Gasteiger partial charge on any atom is -0.447 e. The Morgan fingerprint density at radius 3 is 1.51 bits per heavy atom. The zero-order chi connectivity index (χ0) is 72.7. The fraction of sp³-hybridized carbons (Fsp3) is 0.794. The second-order valence-electron chi connectivity index (χ2n) is 28.9. The van der Waals surface area contributed by atoms with Crippen molar-refractivity contribution in [1.29, 1.82) is 0 Å². The van der Waals surface area contributed by atoms with Gasteiger partial charge >= 0.3 is 6.09 Å². The summed E-state index contributed by atoms with van der Waals surface area (Å²) in [5, 5.41) is 23.4. The van der Waals surface area contributed by atoms with Gasteiger partial charge < -0.3 is 65.4 Å². The number of nitrogens with one attached hydrogen (secondary N) is 4. The summed E-state index contributed by atoms with van der Waals surface area (Å²) in [7, 11) is 9.91. The van der Waals surface area contributed by atoms with E-state index in [1.807, 2.05) is 41.5 Å². The molecule has 15 atom stereocenters. The largest absolute Gasteiger partial charge is 0.447 e. The van der Waals surface area contributed by atoms with Gasteiger partial charge in [-0.15, -0.1) is 0 Å². The molecule has 0 radical (unpaired) electrons. The number of fused-ring (bicyclic) bond motifs is 1. The number of rotatable bonds is 16. The Balaban J connectivity index is 2.35. The number of carbonyl (C=O) groups is 12. The van der Waals surface area contributed by atoms with E-state index in [1.165, 1.54) is 94.6 Å². The first-order chi connectivity index (χ1) is 44.1. The molecule has 3 fully saturated rings. The molecule has 0 aromatic rings. The highest BCUT2D eigenvalue weighted by atomic mass is 16.6. The van der Waals surface area contributed by atoms with Gasteiger partial charge in [-0.05, 0) is 101 Å². The molecule has 0 aromatic heterocycles. The lowest BCUT2D eigenvalue weighted by atomic mass is 9.91. The van der Waals surface area contributed by atoms with Crippen LogP contribution in [0.3, 0.4) is 0 Å². The highest BCUT2D eigenvalue weighted by molar-refractivity contribution is 6.00. The average molecular weight is 1340 g/mol. The molecule has 27 nitrogen and oxygen atoms in total. The van der Waals surface area contributed by atoms with Crippen LogP contribution < -0.4 is 21.3 Å². The molecule has 27 heteroatoms. The van der Waals surface area contributed by atoms with Crippen LogP contribution in [0, 0.1) is 41.4 Å². The smallest absolute Gasteiger partial charge is 0.410 e. The van der Waals surface area contributed by atoms with Crippen LogP contribution in [0.4, 0.5) is 4.79 Å². The van der Waals surface area contributed by atoms with Gasteiger partial charge in [-0.25, -0.2) is 4.79 Å². The maximum Gasteiger partial charge on any atom is 0.410 e. The van der Waals surface area contributed by atoms with Crippen LogP contribution >= 0.6 is 0 Å². The summed E-state index contributed by atoms with van der Waals surface area (Å²) in [5.41, 5.74) is 0. The van der Waals surface area contributed by atoms with Gasteiger partial charge in [0.1, 0.15) is 73.1 Å². The van der Waals surface area contributed by atoms with E-state index in [9.17, 15) is 33.9 Å². The monoisotopic (exact) mass is 1340 g/mol. The summed E-state index contributed by atoms with van der Waals surface area (Å²) >= 11 is 0. The zero-order valence-electron chi connectivity index (χ0n) is 61.6. The van der Waals surface area contributed by atoms with E-state index in [-0.39, 0.29) is 69.1 Å². The van der Waals surface area contributed by atoms with Crippen molar-refractivity contribution < 1.29 is 67.4 Å².